The van der Waals surface area contributed by atoms with Gasteiger partial charge in [0.05, 0.1) is 25.7 Å². The van der Waals surface area contributed by atoms with E-state index < -0.39 is 23.7 Å². The number of ether oxygens (including phenoxy) is 2. The van der Waals surface area contributed by atoms with Crippen LogP contribution in [0.5, 0.6) is 11.5 Å². The minimum Gasteiger partial charge on any atom is -0.493 e. The molecule has 0 aliphatic rings. The first kappa shape index (κ1) is 26.8. The Hall–Kier alpha value is -4.47. The Bertz CT molecular complexity index is 1230. The smallest absolute Gasteiger partial charge is 0.337 e. The van der Waals surface area contributed by atoms with Gasteiger partial charge >= 0.3 is 11.9 Å². The number of halogens is 1. The third-order valence-corrected chi connectivity index (χ3v) is 5.05. The van der Waals surface area contributed by atoms with E-state index in [4.69, 9.17) is 33.9 Å². The minimum absolute atomic E-state index is 0.0757. The lowest BCUT2D eigenvalue weighted by atomic mass is 10.1. The van der Waals surface area contributed by atoms with Crippen molar-refractivity contribution in [3.05, 3.63) is 52.5 Å². The van der Waals surface area contributed by atoms with Crippen molar-refractivity contribution in [2.45, 2.75) is 12.8 Å². The second kappa shape index (κ2) is 12.7. The molecule has 180 valence electrons. The maximum Gasteiger partial charge on any atom is 0.337 e. The number of amides is 3. The lowest BCUT2D eigenvalue weighted by Crippen LogP contribution is -2.38. The zero-order valence-corrected chi connectivity index (χ0v) is 19.4. The summed E-state index contributed by atoms with van der Waals surface area (Å²) in [5.41, 5.74) is 0.0731. The highest BCUT2D eigenvalue weighted by Gasteiger charge is 2.23. The largest absolute Gasteiger partial charge is 0.493 e. The second-order valence-electron chi connectivity index (χ2n) is 6.89. The lowest BCUT2D eigenvalue weighted by molar-refractivity contribution is -0.141. The third-order valence-electron chi connectivity index (χ3n) is 4.68. The average molecular weight is 497 g/mol. The van der Waals surface area contributed by atoms with Gasteiger partial charge in [-0.2, -0.15) is 0 Å². The number of carbonyl (C=O) groups is 4. The highest BCUT2D eigenvalue weighted by atomic mass is 35.5. The maximum atomic E-state index is 12.7. The molecule has 0 radical (unpaired) electrons. The second-order valence-corrected chi connectivity index (χ2v) is 7.30. The van der Waals surface area contributed by atoms with Gasteiger partial charge in [-0.15, -0.1) is 12.8 Å². The van der Waals surface area contributed by atoms with Crippen LogP contribution in [0.15, 0.2) is 36.4 Å². The zero-order chi connectivity index (χ0) is 26.0. The molecule has 0 bridgehead atoms. The standard InChI is InChI=1S/C25H21ClN2O7/c1-4-20(29)27-23-17(25(32)33)11-12-19(34-3)24(23)35-14-8-13-28(21(30)5-2)22(31)15-16-9-6-7-10-18(16)26/h1-2,6-7,9-12H,8,13-15H2,3H3,(H,27,29)(H,32,33). The van der Waals surface area contributed by atoms with Crippen LogP contribution in [0.4, 0.5) is 5.69 Å². The number of hydrogen-bond donors (Lipinski definition) is 2. The molecule has 2 rings (SSSR count). The molecule has 9 nitrogen and oxygen atoms in total. The van der Waals surface area contributed by atoms with Gasteiger partial charge in [-0.3, -0.25) is 19.3 Å². The summed E-state index contributed by atoms with van der Waals surface area (Å²) in [7, 11) is 1.33. The zero-order valence-electron chi connectivity index (χ0n) is 18.7. The van der Waals surface area contributed by atoms with Crippen LogP contribution in [-0.2, 0) is 20.8 Å². The Labute approximate surface area is 207 Å². The van der Waals surface area contributed by atoms with E-state index in [9.17, 15) is 24.3 Å². The van der Waals surface area contributed by atoms with Gasteiger partial charge in [0.1, 0.15) is 5.69 Å². The van der Waals surface area contributed by atoms with E-state index in [2.05, 4.69) is 5.32 Å². The van der Waals surface area contributed by atoms with Crippen molar-refractivity contribution < 1.29 is 33.8 Å². The summed E-state index contributed by atoms with van der Waals surface area (Å²) in [5.74, 6) is 0.219. The molecule has 35 heavy (non-hydrogen) atoms. The first-order chi connectivity index (χ1) is 16.7. The number of hydrogen-bond acceptors (Lipinski definition) is 6. The van der Waals surface area contributed by atoms with Gasteiger partial charge in [0.25, 0.3) is 5.91 Å². The topological polar surface area (TPSA) is 122 Å². The third kappa shape index (κ3) is 7.00. The van der Waals surface area contributed by atoms with Crippen molar-refractivity contribution >= 4 is 41.0 Å². The number of carboxylic acids is 1. The number of terminal acetylenes is 2. The molecule has 0 unspecified atom stereocenters. The molecule has 0 heterocycles. The number of aromatic carboxylic acids is 1. The van der Waals surface area contributed by atoms with Gasteiger partial charge in [0.2, 0.25) is 5.91 Å². The number of nitrogens with one attached hydrogen (secondary N) is 1. The SMILES string of the molecule is C#CC(=O)Nc1c(C(=O)O)ccc(OC)c1OCCCN(C(=O)C#C)C(=O)Cc1ccccc1Cl. The van der Waals surface area contributed by atoms with Gasteiger partial charge < -0.3 is 19.9 Å². The quantitative estimate of drug-likeness (QED) is 0.383. The molecule has 0 atom stereocenters. The van der Waals surface area contributed by atoms with Crippen molar-refractivity contribution in [2.24, 2.45) is 0 Å². The molecule has 0 saturated carbocycles. The number of nitrogens with zero attached hydrogens (tertiary/aromatic N) is 1. The summed E-state index contributed by atoms with van der Waals surface area (Å²) in [6.45, 7) is -0.175. The van der Waals surface area contributed by atoms with Crippen molar-refractivity contribution in [3.8, 4) is 36.2 Å². The first-order valence-electron chi connectivity index (χ1n) is 10.1. The van der Waals surface area contributed by atoms with Crippen LogP contribution in [0.3, 0.4) is 0 Å². The molecule has 2 N–H and O–H groups in total. The summed E-state index contributed by atoms with van der Waals surface area (Å²) < 4.78 is 10.9. The lowest BCUT2D eigenvalue weighted by Gasteiger charge is -2.20. The Kier molecular flexibility index (Phi) is 9.71. The molecule has 0 spiro atoms. The van der Waals surface area contributed by atoms with Gasteiger partial charge in [-0.1, -0.05) is 29.8 Å². The molecule has 0 fully saturated rings. The normalized spacial score (nSPS) is 9.83. The van der Waals surface area contributed by atoms with Crippen LogP contribution in [0.1, 0.15) is 22.3 Å². The fourth-order valence-corrected chi connectivity index (χ4v) is 3.24. The molecule has 10 heteroatoms. The van der Waals surface area contributed by atoms with Gasteiger partial charge in [-0.05, 0) is 42.0 Å². The Morgan fingerprint density at radius 2 is 1.83 bits per heavy atom. The monoisotopic (exact) mass is 496 g/mol. The van der Waals surface area contributed by atoms with Gasteiger partial charge in [0.15, 0.2) is 11.5 Å². The van der Waals surface area contributed by atoms with Crippen molar-refractivity contribution in [2.75, 3.05) is 25.6 Å². The van der Waals surface area contributed by atoms with E-state index in [1.807, 2.05) is 11.8 Å². The predicted octanol–water partition coefficient (Wildman–Crippen LogP) is 2.62. The molecule has 3 amide bonds. The van der Waals surface area contributed by atoms with Crippen LogP contribution in [0.25, 0.3) is 0 Å². The molecule has 0 aliphatic heterocycles. The minimum atomic E-state index is -1.33. The van der Waals surface area contributed by atoms with Crippen LogP contribution >= 0.6 is 11.6 Å². The number of carboxylic acid groups (broad SMARTS) is 1. The van der Waals surface area contributed by atoms with Crippen LogP contribution < -0.4 is 14.8 Å². The van der Waals surface area contributed by atoms with E-state index >= 15 is 0 Å². The summed E-state index contributed by atoms with van der Waals surface area (Å²) in [4.78, 5) is 49.1. The summed E-state index contributed by atoms with van der Waals surface area (Å²) in [6, 6.07) is 9.29. The molecule has 2 aromatic carbocycles. The number of rotatable bonds is 10. The van der Waals surface area contributed by atoms with E-state index in [-0.39, 0.29) is 48.7 Å². The fraction of sp³-hybridized carbons (Fsp3) is 0.200. The molecule has 0 saturated heterocycles. The van der Waals surface area contributed by atoms with E-state index in [1.165, 1.54) is 19.2 Å². The predicted molar refractivity (Wildman–Crippen MR) is 128 cm³/mol. The maximum absolute atomic E-state index is 12.7. The number of carbonyl (C=O) groups excluding carboxylic acids is 3. The summed E-state index contributed by atoms with van der Waals surface area (Å²) in [5, 5.41) is 12.1. The Balaban J connectivity index is 2.18. The number of imide groups is 1. The summed E-state index contributed by atoms with van der Waals surface area (Å²) in [6.07, 6.45) is 10.3. The molecule has 2 aromatic rings. The van der Waals surface area contributed by atoms with Gasteiger partial charge in [-0.25, -0.2) is 4.79 Å². The highest BCUT2D eigenvalue weighted by molar-refractivity contribution is 6.31. The first-order valence-corrected chi connectivity index (χ1v) is 10.5. The number of anilines is 1. The highest BCUT2D eigenvalue weighted by Crippen LogP contribution is 2.38. The van der Waals surface area contributed by atoms with E-state index in [0.29, 0.717) is 10.6 Å². The Morgan fingerprint density at radius 3 is 2.43 bits per heavy atom. The van der Waals surface area contributed by atoms with Crippen molar-refractivity contribution in [3.63, 3.8) is 0 Å². The number of methoxy groups -OCH3 is 1. The van der Waals surface area contributed by atoms with Crippen LogP contribution in [0.2, 0.25) is 5.02 Å². The fourth-order valence-electron chi connectivity index (χ4n) is 3.03. The molecule has 0 aromatic heterocycles. The van der Waals surface area contributed by atoms with E-state index in [1.54, 1.807) is 24.3 Å². The molecular formula is C25H21ClN2O7. The molecular weight excluding hydrogens is 476 g/mol. The summed E-state index contributed by atoms with van der Waals surface area (Å²) >= 11 is 6.09. The molecule has 0 aliphatic carbocycles. The van der Waals surface area contributed by atoms with Gasteiger partial charge in [0, 0.05) is 11.6 Å². The Morgan fingerprint density at radius 1 is 1.11 bits per heavy atom. The van der Waals surface area contributed by atoms with Crippen molar-refractivity contribution in [1.29, 1.82) is 0 Å². The van der Waals surface area contributed by atoms with Crippen LogP contribution in [-0.4, -0.2) is 54.0 Å². The van der Waals surface area contributed by atoms with Crippen molar-refractivity contribution in [1.82, 2.24) is 4.90 Å². The van der Waals surface area contributed by atoms with Crippen LogP contribution in [0, 0.1) is 24.7 Å². The average Bonchev–Trinajstić information content (AvgIpc) is 2.84. The van der Waals surface area contributed by atoms with E-state index in [0.717, 1.165) is 4.90 Å². The number of benzene rings is 2.